The fourth-order valence-corrected chi connectivity index (χ4v) is 5.72. The van der Waals surface area contributed by atoms with Crippen LogP contribution < -0.4 is 15.5 Å². The van der Waals surface area contributed by atoms with E-state index in [1.165, 1.54) is 6.07 Å². The monoisotopic (exact) mass is 544 g/mol. The third-order valence-corrected chi connectivity index (χ3v) is 7.87. The lowest BCUT2D eigenvalue weighted by molar-refractivity contribution is 0.101. The zero-order chi connectivity index (χ0) is 27.3. The van der Waals surface area contributed by atoms with E-state index in [2.05, 4.69) is 31.8 Å². The Morgan fingerprint density at radius 3 is 2.67 bits per heavy atom. The highest BCUT2D eigenvalue weighted by Crippen LogP contribution is 2.35. The van der Waals surface area contributed by atoms with Crippen molar-refractivity contribution in [3.05, 3.63) is 72.2 Å². The lowest BCUT2D eigenvalue weighted by Crippen LogP contribution is -2.47. The Bertz CT molecular complexity index is 1420. The van der Waals surface area contributed by atoms with E-state index in [0.717, 1.165) is 106 Å². The molecule has 0 saturated carbocycles. The largest absolute Gasteiger partial charge is 0.380 e. The third-order valence-electron chi connectivity index (χ3n) is 7.87. The Morgan fingerprint density at radius 2 is 1.82 bits per heavy atom. The molecule has 2 aliphatic rings. The summed E-state index contributed by atoms with van der Waals surface area (Å²) in [6.07, 6.45) is 4.76. The van der Waals surface area contributed by atoms with Crippen molar-refractivity contribution in [2.45, 2.75) is 25.3 Å². The second-order valence-electron chi connectivity index (χ2n) is 10.5. The van der Waals surface area contributed by atoms with Crippen molar-refractivity contribution >= 4 is 17.3 Å². The molecule has 1 aromatic carbocycles. The molecule has 5 heterocycles. The molecule has 1 atom stereocenters. The second kappa shape index (κ2) is 12.3. The van der Waals surface area contributed by atoms with Crippen molar-refractivity contribution in [2.75, 3.05) is 68.8 Å². The minimum atomic E-state index is -0.204. The van der Waals surface area contributed by atoms with Crippen LogP contribution in [0.5, 0.6) is 0 Å². The highest BCUT2D eigenvalue weighted by molar-refractivity contribution is 5.62. The molecule has 0 amide bonds. The van der Waals surface area contributed by atoms with Crippen LogP contribution in [0, 0.1) is 5.82 Å². The first-order valence-electron chi connectivity index (χ1n) is 14.3. The molecular weight excluding hydrogens is 507 g/mol. The number of hydrogen-bond donors (Lipinski definition) is 1. The van der Waals surface area contributed by atoms with E-state index in [1.54, 1.807) is 12.1 Å². The Balaban J connectivity index is 1.17. The normalized spacial score (nSPS) is 18.2. The van der Waals surface area contributed by atoms with Gasteiger partial charge in [0, 0.05) is 45.9 Å². The van der Waals surface area contributed by atoms with Gasteiger partial charge in [0.1, 0.15) is 23.1 Å². The zero-order valence-corrected chi connectivity index (χ0v) is 22.8. The summed E-state index contributed by atoms with van der Waals surface area (Å²) in [6.45, 7) is 7.78. The Morgan fingerprint density at radius 1 is 0.950 bits per heavy atom. The van der Waals surface area contributed by atoms with Crippen molar-refractivity contribution in [3.8, 4) is 11.4 Å². The molecule has 1 unspecified atom stereocenters. The summed E-state index contributed by atoms with van der Waals surface area (Å²) >= 11 is 0. The molecule has 10 heteroatoms. The van der Waals surface area contributed by atoms with Crippen molar-refractivity contribution in [3.63, 3.8) is 0 Å². The molecule has 3 aromatic heterocycles. The van der Waals surface area contributed by atoms with Gasteiger partial charge < -0.3 is 20.3 Å². The number of halogens is 1. The van der Waals surface area contributed by atoms with Gasteiger partial charge in [-0.2, -0.15) is 0 Å². The summed E-state index contributed by atoms with van der Waals surface area (Å²) in [7, 11) is 0. The van der Waals surface area contributed by atoms with Crippen LogP contribution in [0.1, 0.15) is 30.9 Å². The van der Waals surface area contributed by atoms with Gasteiger partial charge >= 0.3 is 0 Å². The van der Waals surface area contributed by atoms with E-state index in [9.17, 15) is 4.39 Å². The summed E-state index contributed by atoms with van der Waals surface area (Å²) < 4.78 is 21.5. The van der Waals surface area contributed by atoms with Crippen molar-refractivity contribution in [2.24, 2.45) is 5.73 Å². The highest BCUT2D eigenvalue weighted by Gasteiger charge is 2.28. The van der Waals surface area contributed by atoms with E-state index < -0.39 is 0 Å². The van der Waals surface area contributed by atoms with E-state index in [-0.39, 0.29) is 11.9 Å². The smallest absolute Gasteiger partial charge is 0.154 e. The minimum absolute atomic E-state index is 0.102. The summed E-state index contributed by atoms with van der Waals surface area (Å²) in [4.78, 5) is 16.7. The predicted octanol–water partition coefficient (Wildman–Crippen LogP) is 3.76. The van der Waals surface area contributed by atoms with Crippen LogP contribution in [0.4, 0.5) is 16.0 Å². The molecule has 2 saturated heterocycles. The van der Waals surface area contributed by atoms with Crippen LogP contribution in [0.2, 0.25) is 0 Å². The van der Waals surface area contributed by atoms with Crippen molar-refractivity contribution in [1.82, 2.24) is 24.5 Å². The summed E-state index contributed by atoms with van der Waals surface area (Å²) in [5.41, 5.74) is 8.99. The molecule has 2 aliphatic heterocycles. The number of ether oxygens (including phenoxy) is 1. The third kappa shape index (κ3) is 5.79. The molecule has 9 nitrogen and oxygen atoms in total. The standard InChI is InChI=1S/C30H37FN8O/c31-24-6-1-5-23(21-24)26-8-3-13-38(26)30-11-10-28-33-22-27(39(28)35-30)25-7-2-9-29(34-25)37-16-14-36(15-17-37)18-20-40-19-4-12-32/h1-2,5-7,9-11,21-22,26H,3-4,8,12-20,32H2. The number of nitrogens with zero attached hydrogens (tertiary/aromatic N) is 7. The van der Waals surface area contributed by atoms with E-state index in [0.29, 0.717) is 6.54 Å². The van der Waals surface area contributed by atoms with Crippen LogP contribution >= 0.6 is 0 Å². The number of piperazine rings is 1. The lowest BCUT2D eigenvalue weighted by atomic mass is 10.0. The number of fused-ring (bicyclic) bond motifs is 1. The van der Waals surface area contributed by atoms with Crippen molar-refractivity contribution in [1.29, 1.82) is 0 Å². The minimum Gasteiger partial charge on any atom is -0.380 e. The molecule has 0 spiro atoms. The van der Waals surface area contributed by atoms with Gasteiger partial charge in [-0.15, -0.1) is 5.10 Å². The second-order valence-corrected chi connectivity index (χ2v) is 10.5. The number of hydrogen-bond acceptors (Lipinski definition) is 8. The van der Waals surface area contributed by atoms with Gasteiger partial charge in [-0.3, -0.25) is 4.90 Å². The molecule has 0 bridgehead atoms. The molecule has 2 fully saturated rings. The first-order chi connectivity index (χ1) is 19.7. The number of pyridine rings is 1. The molecule has 2 N–H and O–H groups in total. The van der Waals surface area contributed by atoms with Gasteiger partial charge in [-0.05, 0) is 67.8 Å². The van der Waals surface area contributed by atoms with E-state index in [4.69, 9.17) is 20.6 Å². The number of anilines is 2. The summed E-state index contributed by atoms with van der Waals surface area (Å²) in [6, 6.07) is 17.2. The number of nitrogens with two attached hydrogens (primary N) is 1. The Hall–Kier alpha value is -3.60. The van der Waals surface area contributed by atoms with E-state index >= 15 is 0 Å². The van der Waals surface area contributed by atoms with Gasteiger partial charge in [0.25, 0.3) is 0 Å². The van der Waals surface area contributed by atoms with Crippen LogP contribution in [0.3, 0.4) is 0 Å². The Labute approximate surface area is 234 Å². The maximum atomic E-state index is 14.0. The van der Waals surface area contributed by atoms with Gasteiger partial charge in [0.2, 0.25) is 0 Å². The summed E-state index contributed by atoms with van der Waals surface area (Å²) in [5, 5.41) is 5.00. The topological polar surface area (TPSA) is 88.0 Å². The number of rotatable bonds is 10. The van der Waals surface area contributed by atoms with E-state index in [1.807, 2.05) is 35.0 Å². The van der Waals surface area contributed by atoms with Gasteiger partial charge in [0.15, 0.2) is 5.65 Å². The molecule has 6 rings (SSSR count). The molecule has 210 valence electrons. The average molecular weight is 545 g/mol. The number of imidazole rings is 1. The SMILES string of the molecule is NCCCOCCN1CCN(c2cccc(-c3cnc4ccc(N5CCCC5c5cccc(F)c5)nn34)n2)CC1. The van der Waals surface area contributed by atoms with Gasteiger partial charge in [0.05, 0.1) is 24.5 Å². The Kier molecular flexibility index (Phi) is 8.17. The molecule has 4 aromatic rings. The van der Waals surface area contributed by atoms with Crippen LogP contribution in [-0.2, 0) is 4.74 Å². The summed E-state index contributed by atoms with van der Waals surface area (Å²) in [5.74, 6) is 1.62. The van der Waals surface area contributed by atoms with Gasteiger partial charge in [-0.25, -0.2) is 18.9 Å². The van der Waals surface area contributed by atoms with Crippen LogP contribution in [0.25, 0.3) is 17.0 Å². The molecule has 40 heavy (non-hydrogen) atoms. The molecule has 0 radical (unpaired) electrons. The predicted molar refractivity (Wildman–Crippen MR) is 155 cm³/mol. The van der Waals surface area contributed by atoms with Crippen molar-refractivity contribution < 1.29 is 9.13 Å². The highest BCUT2D eigenvalue weighted by atomic mass is 19.1. The lowest BCUT2D eigenvalue weighted by Gasteiger charge is -2.35. The maximum absolute atomic E-state index is 14.0. The first kappa shape index (κ1) is 26.6. The maximum Gasteiger partial charge on any atom is 0.154 e. The number of aromatic nitrogens is 4. The molecular formula is C30H37FN8O. The van der Waals surface area contributed by atoms with Crippen LogP contribution in [0.15, 0.2) is 60.8 Å². The average Bonchev–Trinajstić information content (AvgIpc) is 3.65. The number of benzene rings is 1. The van der Waals surface area contributed by atoms with Gasteiger partial charge in [-0.1, -0.05) is 18.2 Å². The van der Waals surface area contributed by atoms with Crippen LogP contribution in [-0.4, -0.2) is 83.5 Å². The fraction of sp³-hybridized carbons (Fsp3) is 0.433. The first-order valence-corrected chi connectivity index (χ1v) is 14.3. The quantitative estimate of drug-likeness (QED) is 0.302. The molecule has 0 aliphatic carbocycles. The fourth-order valence-electron chi connectivity index (χ4n) is 5.72. The zero-order valence-electron chi connectivity index (χ0n) is 22.8.